The number of amides is 1. The normalized spacial score (nSPS) is 17.5. The van der Waals surface area contributed by atoms with Crippen LogP contribution in [-0.4, -0.2) is 44.4 Å². The van der Waals surface area contributed by atoms with Gasteiger partial charge in [0, 0.05) is 19.1 Å². The van der Waals surface area contributed by atoms with Crippen LogP contribution in [0.1, 0.15) is 39.7 Å². The molecule has 2 rings (SSSR count). The summed E-state index contributed by atoms with van der Waals surface area (Å²) in [6.07, 6.45) is 2.69. The Morgan fingerprint density at radius 1 is 1.42 bits per heavy atom. The first-order chi connectivity index (χ1) is 8.87. The maximum Gasteiger partial charge on any atom is 0.410 e. The van der Waals surface area contributed by atoms with E-state index in [1.165, 1.54) is 6.33 Å². The van der Waals surface area contributed by atoms with E-state index in [-0.39, 0.29) is 17.8 Å². The molecule has 1 aliphatic heterocycles. The van der Waals surface area contributed by atoms with Gasteiger partial charge in [0.1, 0.15) is 11.9 Å². The number of hydrogen-bond acceptors (Lipinski definition) is 4. The molecule has 0 unspecified atom stereocenters. The lowest BCUT2D eigenvalue weighted by molar-refractivity contribution is 0.0187. The van der Waals surface area contributed by atoms with E-state index in [1.807, 2.05) is 20.8 Å². The van der Waals surface area contributed by atoms with E-state index in [9.17, 15) is 9.59 Å². The summed E-state index contributed by atoms with van der Waals surface area (Å²) in [4.78, 5) is 25.0. The molecular formula is C12H20N4O3. The molecule has 0 saturated carbocycles. The van der Waals surface area contributed by atoms with E-state index in [2.05, 4.69) is 10.2 Å². The standard InChI is InChI=1S/C12H20N4O3/c1-12(2,3)19-11(18)15-6-4-9(5-7-15)16-8-13-14-10(16)17/h8-9H,4-7H2,1-3H3,(H,14,17). The Balaban J connectivity index is 1.91. The van der Waals surface area contributed by atoms with Crippen molar-refractivity contribution in [1.29, 1.82) is 0 Å². The van der Waals surface area contributed by atoms with Gasteiger partial charge in [-0.1, -0.05) is 0 Å². The largest absolute Gasteiger partial charge is 0.444 e. The van der Waals surface area contributed by atoms with Crippen molar-refractivity contribution in [3.8, 4) is 0 Å². The predicted octanol–water partition coefficient (Wildman–Crippen LogP) is 1.14. The topological polar surface area (TPSA) is 80.2 Å². The zero-order valence-electron chi connectivity index (χ0n) is 11.5. The Hall–Kier alpha value is -1.79. The van der Waals surface area contributed by atoms with Crippen molar-refractivity contribution >= 4 is 6.09 Å². The lowest BCUT2D eigenvalue weighted by Crippen LogP contribution is -2.42. The quantitative estimate of drug-likeness (QED) is 0.828. The van der Waals surface area contributed by atoms with Crippen LogP contribution in [0.4, 0.5) is 4.79 Å². The molecule has 0 spiro atoms. The van der Waals surface area contributed by atoms with Gasteiger partial charge in [0.15, 0.2) is 0 Å². The average Bonchev–Trinajstić information content (AvgIpc) is 2.73. The second kappa shape index (κ2) is 5.07. The van der Waals surface area contributed by atoms with E-state index < -0.39 is 5.60 Å². The average molecular weight is 268 g/mol. The molecule has 1 aliphatic rings. The number of piperidine rings is 1. The van der Waals surface area contributed by atoms with Gasteiger partial charge in [0.05, 0.1) is 0 Å². The summed E-state index contributed by atoms with van der Waals surface area (Å²) in [5.74, 6) is 0. The highest BCUT2D eigenvalue weighted by molar-refractivity contribution is 5.68. The fourth-order valence-electron chi connectivity index (χ4n) is 2.17. The van der Waals surface area contributed by atoms with Crippen LogP contribution in [0.2, 0.25) is 0 Å². The second-order valence-electron chi connectivity index (χ2n) is 5.77. The van der Waals surface area contributed by atoms with E-state index in [0.717, 1.165) is 12.8 Å². The molecule has 0 aromatic carbocycles. The summed E-state index contributed by atoms with van der Waals surface area (Å²) in [6, 6.07) is 0.102. The van der Waals surface area contributed by atoms with Crippen molar-refractivity contribution in [2.75, 3.05) is 13.1 Å². The SMILES string of the molecule is CC(C)(C)OC(=O)N1CCC(n2cn[nH]c2=O)CC1. The van der Waals surface area contributed by atoms with Crippen LogP contribution in [0.3, 0.4) is 0 Å². The molecule has 1 saturated heterocycles. The summed E-state index contributed by atoms with van der Waals surface area (Å²) < 4.78 is 6.92. The first kappa shape index (κ1) is 13.6. The number of H-pyrrole nitrogens is 1. The van der Waals surface area contributed by atoms with Gasteiger partial charge in [-0.25, -0.2) is 14.7 Å². The highest BCUT2D eigenvalue weighted by atomic mass is 16.6. The number of ether oxygens (including phenoxy) is 1. The highest BCUT2D eigenvalue weighted by Crippen LogP contribution is 2.22. The van der Waals surface area contributed by atoms with Crippen molar-refractivity contribution in [3.05, 3.63) is 16.8 Å². The fourth-order valence-corrected chi connectivity index (χ4v) is 2.17. The van der Waals surface area contributed by atoms with Crippen LogP contribution in [0.25, 0.3) is 0 Å². The summed E-state index contributed by atoms with van der Waals surface area (Å²) in [5, 5.41) is 6.10. The first-order valence-corrected chi connectivity index (χ1v) is 6.46. The van der Waals surface area contributed by atoms with Crippen LogP contribution >= 0.6 is 0 Å². The van der Waals surface area contributed by atoms with Gasteiger partial charge in [-0.2, -0.15) is 5.10 Å². The molecule has 1 N–H and O–H groups in total. The van der Waals surface area contributed by atoms with Gasteiger partial charge < -0.3 is 9.64 Å². The number of nitrogens with zero attached hydrogens (tertiary/aromatic N) is 3. The number of carbonyl (C=O) groups excluding carboxylic acids is 1. The molecule has 106 valence electrons. The molecule has 7 heteroatoms. The number of nitrogens with one attached hydrogen (secondary N) is 1. The van der Waals surface area contributed by atoms with Crippen molar-refractivity contribution in [2.45, 2.75) is 45.3 Å². The Bertz CT molecular complexity index is 492. The number of aromatic amines is 1. The van der Waals surface area contributed by atoms with E-state index in [4.69, 9.17) is 4.74 Å². The van der Waals surface area contributed by atoms with Crippen molar-refractivity contribution < 1.29 is 9.53 Å². The number of rotatable bonds is 1. The van der Waals surface area contributed by atoms with Gasteiger partial charge in [0.25, 0.3) is 0 Å². The van der Waals surface area contributed by atoms with Crippen LogP contribution in [0.5, 0.6) is 0 Å². The van der Waals surface area contributed by atoms with E-state index >= 15 is 0 Å². The summed E-state index contributed by atoms with van der Waals surface area (Å²) in [7, 11) is 0. The molecule has 0 atom stereocenters. The van der Waals surface area contributed by atoms with Crippen LogP contribution in [0, 0.1) is 0 Å². The van der Waals surface area contributed by atoms with E-state index in [0.29, 0.717) is 13.1 Å². The minimum absolute atomic E-state index is 0.102. The molecule has 19 heavy (non-hydrogen) atoms. The summed E-state index contributed by atoms with van der Waals surface area (Å²) in [5.41, 5.74) is -0.675. The highest BCUT2D eigenvalue weighted by Gasteiger charge is 2.27. The Labute approximate surface area is 111 Å². The van der Waals surface area contributed by atoms with Crippen LogP contribution in [-0.2, 0) is 4.74 Å². The Morgan fingerprint density at radius 3 is 2.53 bits per heavy atom. The number of likely N-dealkylation sites (tertiary alicyclic amines) is 1. The molecule has 2 heterocycles. The fraction of sp³-hybridized carbons (Fsp3) is 0.750. The zero-order valence-corrected chi connectivity index (χ0v) is 11.5. The predicted molar refractivity (Wildman–Crippen MR) is 68.9 cm³/mol. The van der Waals surface area contributed by atoms with Gasteiger partial charge >= 0.3 is 11.8 Å². The third-order valence-electron chi connectivity index (χ3n) is 3.09. The van der Waals surface area contributed by atoms with Crippen LogP contribution < -0.4 is 5.69 Å². The Kier molecular flexibility index (Phi) is 3.64. The van der Waals surface area contributed by atoms with Crippen molar-refractivity contribution in [2.24, 2.45) is 0 Å². The van der Waals surface area contributed by atoms with Crippen molar-refractivity contribution in [1.82, 2.24) is 19.7 Å². The molecular weight excluding hydrogens is 248 g/mol. The summed E-state index contributed by atoms with van der Waals surface area (Å²) >= 11 is 0. The third-order valence-corrected chi connectivity index (χ3v) is 3.09. The molecule has 1 aromatic rings. The van der Waals surface area contributed by atoms with Gasteiger partial charge in [-0.15, -0.1) is 0 Å². The number of carbonyl (C=O) groups is 1. The minimum atomic E-state index is -0.477. The molecule has 1 amide bonds. The van der Waals surface area contributed by atoms with Crippen molar-refractivity contribution in [3.63, 3.8) is 0 Å². The third kappa shape index (κ3) is 3.36. The lowest BCUT2D eigenvalue weighted by Gasteiger charge is -2.33. The molecule has 7 nitrogen and oxygen atoms in total. The first-order valence-electron chi connectivity index (χ1n) is 6.46. The van der Waals surface area contributed by atoms with E-state index in [1.54, 1.807) is 9.47 Å². The molecule has 1 aromatic heterocycles. The summed E-state index contributed by atoms with van der Waals surface area (Å²) in [6.45, 7) is 6.74. The maximum atomic E-state index is 11.9. The second-order valence-corrected chi connectivity index (χ2v) is 5.77. The molecule has 0 aliphatic carbocycles. The Morgan fingerprint density at radius 2 is 2.05 bits per heavy atom. The molecule has 0 bridgehead atoms. The van der Waals surface area contributed by atoms with Gasteiger partial charge in [-0.3, -0.25) is 4.57 Å². The van der Waals surface area contributed by atoms with Gasteiger partial charge in [0.2, 0.25) is 0 Å². The maximum absolute atomic E-state index is 11.9. The number of hydrogen-bond donors (Lipinski definition) is 1. The van der Waals surface area contributed by atoms with Crippen LogP contribution in [0.15, 0.2) is 11.1 Å². The minimum Gasteiger partial charge on any atom is -0.444 e. The smallest absolute Gasteiger partial charge is 0.410 e. The number of aromatic nitrogens is 3. The lowest BCUT2D eigenvalue weighted by atomic mass is 10.1. The molecule has 1 fully saturated rings. The monoisotopic (exact) mass is 268 g/mol. The van der Waals surface area contributed by atoms with Gasteiger partial charge in [-0.05, 0) is 33.6 Å². The zero-order chi connectivity index (χ0) is 14.0. The molecule has 0 radical (unpaired) electrons.